The van der Waals surface area contributed by atoms with Gasteiger partial charge >= 0.3 is 0 Å². The molecule has 0 radical (unpaired) electrons. The summed E-state index contributed by atoms with van der Waals surface area (Å²) in [5, 5.41) is 4.31. The van der Waals surface area contributed by atoms with E-state index in [2.05, 4.69) is 10.3 Å². The molecule has 0 aliphatic rings. The van der Waals surface area contributed by atoms with Crippen molar-refractivity contribution in [2.75, 3.05) is 5.32 Å². The molecule has 0 saturated carbocycles. The van der Waals surface area contributed by atoms with E-state index in [1.807, 2.05) is 42.7 Å². The highest BCUT2D eigenvalue weighted by atomic mass is 35.5. The first-order chi connectivity index (χ1) is 12.1. The van der Waals surface area contributed by atoms with Crippen LogP contribution >= 0.6 is 11.6 Å². The lowest BCUT2D eigenvalue weighted by Gasteiger charge is -2.06. The van der Waals surface area contributed by atoms with E-state index in [0.29, 0.717) is 23.1 Å². The molecule has 0 aliphatic carbocycles. The zero-order valence-electron chi connectivity index (χ0n) is 13.8. The number of para-hydroxylation sites is 2. The number of furan rings is 1. The summed E-state index contributed by atoms with van der Waals surface area (Å²) in [5.74, 6) is 0.452. The Morgan fingerprint density at radius 2 is 2.08 bits per heavy atom. The fourth-order valence-electron chi connectivity index (χ4n) is 3.06. The van der Waals surface area contributed by atoms with Gasteiger partial charge in [0.1, 0.15) is 5.58 Å². The van der Waals surface area contributed by atoms with Crippen LogP contribution in [0.25, 0.3) is 22.0 Å². The van der Waals surface area contributed by atoms with Gasteiger partial charge < -0.3 is 8.98 Å². The van der Waals surface area contributed by atoms with Crippen molar-refractivity contribution >= 4 is 45.5 Å². The van der Waals surface area contributed by atoms with Crippen LogP contribution in [0, 0.1) is 6.92 Å². The number of aromatic nitrogens is 2. The van der Waals surface area contributed by atoms with Gasteiger partial charge in [0.2, 0.25) is 5.95 Å². The third-order valence-electron chi connectivity index (χ3n) is 4.30. The summed E-state index contributed by atoms with van der Waals surface area (Å²) in [4.78, 5) is 17.3. The molecule has 25 heavy (non-hydrogen) atoms. The number of hydrogen-bond acceptors (Lipinski definition) is 3. The Morgan fingerprint density at radius 3 is 2.88 bits per heavy atom. The Bertz CT molecular complexity index is 1110. The molecule has 0 spiro atoms. The van der Waals surface area contributed by atoms with Gasteiger partial charge in [-0.1, -0.05) is 23.7 Å². The Labute approximate surface area is 149 Å². The van der Waals surface area contributed by atoms with Crippen LogP contribution in [0.1, 0.15) is 23.0 Å². The number of rotatable bonds is 3. The number of benzene rings is 2. The van der Waals surface area contributed by atoms with E-state index in [0.717, 1.165) is 22.0 Å². The second-order valence-electron chi connectivity index (χ2n) is 5.82. The normalized spacial score (nSPS) is 11.3. The van der Waals surface area contributed by atoms with E-state index < -0.39 is 0 Å². The Kier molecular flexibility index (Phi) is 3.73. The summed E-state index contributed by atoms with van der Waals surface area (Å²) in [6.45, 7) is 4.56. The minimum absolute atomic E-state index is 0.270. The monoisotopic (exact) mass is 353 g/mol. The number of amides is 1. The molecule has 6 heteroatoms. The first-order valence-corrected chi connectivity index (χ1v) is 8.41. The molecule has 2 aromatic carbocycles. The van der Waals surface area contributed by atoms with Gasteiger partial charge in [-0.25, -0.2) is 4.98 Å². The Hall–Kier alpha value is -2.79. The average Bonchev–Trinajstić information content (AvgIpc) is 3.12. The van der Waals surface area contributed by atoms with Crippen molar-refractivity contribution in [3.63, 3.8) is 0 Å². The molecule has 5 nitrogen and oxygen atoms in total. The van der Waals surface area contributed by atoms with Gasteiger partial charge in [-0.05, 0) is 44.2 Å². The molecule has 1 amide bonds. The smallest absolute Gasteiger partial charge is 0.294 e. The second-order valence-corrected chi connectivity index (χ2v) is 6.26. The number of aryl methyl sites for hydroxylation is 2. The molecule has 0 fully saturated rings. The van der Waals surface area contributed by atoms with Crippen molar-refractivity contribution in [3.8, 4) is 0 Å². The second kappa shape index (κ2) is 5.93. The maximum Gasteiger partial charge on any atom is 0.294 e. The highest BCUT2D eigenvalue weighted by Crippen LogP contribution is 2.28. The lowest BCUT2D eigenvalue weighted by molar-refractivity contribution is 0.0996. The molecule has 0 atom stereocenters. The predicted molar refractivity (Wildman–Crippen MR) is 99.3 cm³/mol. The molecule has 2 aromatic heterocycles. The average molecular weight is 354 g/mol. The number of nitrogens with one attached hydrogen (secondary N) is 1. The molecule has 0 unspecified atom stereocenters. The number of anilines is 1. The summed E-state index contributed by atoms with van der Waals surface area (Å²) in [5.41, 5.74) is 3.21. The van der Waals surface area contributed by atoms with Crippen molar-refractivity contribution in [1.29, 1.82) is 0 Å². The summed E-state index contributed by atoms with van der Waals surface area (Å²) >= 11 is 6.04. The van der Waals surface area contributed by atoms with Gasteiger partial charge in [0, 0.05) is 22.5 Å². The van der Waals surface area contributed by atoms with Gasteiger partial charge in [-0.2, -0.15) is 0 Å². The molecule has 4 aromatic rings. The molecular weight excluding hydrogens is 338 g/mol. The highest BCUT2D eigenvalue weighted by Gasteiger charge is 2.20. The number of carbonyl (C=O) groups is 1. The van der Waals surface area contributed by atoms with Crippen LogP contribution in [0.3, 0.4) is 0 Å². The topological polar surface area (TPSA) is 60.1 Å². The van der Waals surface area contributed by atoms with E-state index in [1.165, 1.54) is 0 Å². The number of hydrogen-bond donors (Lipinski definition) is 1. The summed E-state index contributed by atoms with van der Waals surface area (Å²) < 4.78 is 7.69. The van der Waals surface area contributed by atoms with Crippen LogP contribution in [0.2, 0.25) is 5.02 Å². The zero-order valence-corrected chi connectivity index (χ0v) is 14.6. The van der Waals surface area contributed by atoms with Gasteiger partial charge in [0.05, 0.1) is 11.0 Å². The molecule has 4 rings (SSSR count). The van der Waals surface area contributed by atoms with Crippen molar-refractivity contribution in [3.05, 3.63) is 58.8 Å². The maximum absolute atomic E-state index is 12.7. The lowest BCUT2D eigenvalue weighted by atomic mass is 10.1. The molecule has 0 bridgehead atoms. The van der Waals surface area contributed by atoms with Crippen molar-refractivity contribution in [2.45, 2.75) is 20.4 Å². The molecule has 0 saturated heterocycles. The van der Waals surface area contributed by atoms with Gasteiger partial charge in [-0.15, -0.1) is 0 Å². The lowest BCUT2D eigenvalue weighted by Crippen LogP contribution is -2.16. The maximum atomic E-state index is 12.7. The van der Waals surface area contributed by atoms with E-state index in [1.54, 1.807) is 18.2 Å². The quantitative estimate of drug-likeness (QED) is 0.562. The van der Waals surface area contributed by atoms with Crippen molar-refractivity contribution < 1.29 is 9.21 Å². The van der Waals surface area contributed by atoms with E-state index in [-0.39, 0.29) is 11.7 Å². The van der Waals surface area contributed by atoms with Gasteiger partial charge in [-0.3, -0.25) is 10.1 Å². The first-order valence-electron chi connectivity index (χ1n) is 8.03. The van der Waals surface area contributed by atoms with Crippen molar-refractivity contribution in [1.82, 2.24) is 9.55 Å². The van der Waals surface area contributed by atoms with E-state index in [4.69, 9.17) is 16.0 Å². The molecule has 126 valence electrons. The van der Waals surface area contributed by atoms with Crippen LogP contribution in [0.4, 0.5) is 5.95 Å². The fourth-order valence-corrected chi connectivity index (χ4v) is 3.23. The molecule has 2 heterocycles. The number of halogens is 1. The van der Waals surface area contributed by atoms with Crippen LogP contribution in [-0.2, 0) is 6.54 Å². The van der Waals surface area contributed by atoms with Crippen LogP contribution in [-0.4, -0.2) is 15.5 Å². The SMILES string of the molecule is CCn1c(NC(=O)c2oc3ccc(Cl)cc3c2C)nc2ccccc21. The molecule has 1 N–H and O–H groups in total. The highest BCUT2D eigenvalue weighted by molar-refractivity contribution is 6.31. The summed E-state index contributed by atoms with van der Waals surface area (Å²) in [7, 11) is 0. The fraction of sp³-hybridized carbons (Fsp3) is 0.158. The predicted octanol–water partition coefficient (Wildman–Crippen LogP) is 5.02. The summed E-state index contributed by atoms with van der Waals surface area (Å²) in [6.07, 6.45) is 0. The van der Waals surface area contributed by atoms with E-state index in [9.17, 15) is 4.79 Å². The van der Waals surface area contributed by atoms with Gasteiger partial charge in [0.15, 0.2) is 5.76 Å². The van der Waals surface area contributed by atoms with Crippen LogP contribution in [0.5, 0.6) is 0 Å². The van der Waals surface area contributed by atoms with Gasteiger partial charge in [0.25, 0.3) is 5.91 Å². The van der Waals surface area contributed by atoms with E-state index >= 15 is 0 Å². The number of carbonyl (C=O) groups excluding carboxylic acids is 1. The third kappa shape index (κ3) is 2.57. The number of imidazole rings is 1. The third-order valence-corrected chi connectivity index (χ3v) is 4.54. The molecular formula is C19H16ClN3O2. The largest absolute Gasteiger partial charge is 0.451 e. The Morgan fingerprint density at radius 1 is 1.28 bits per heavy atom. The minimum Gasteiger partial charge on any atom is -0.451 e. The zero-order chi connectivity index (χ0) is 17.6. The standard InChI is InChI=1S/C19H16ClN3O2/c1-3-23-15-7-5-4-6-14(15)21-19(23)22-18(24)17-11(2)13-10-12(20)8-9-16(13)25-17/h4-10H,3H2,1-2H3,(H,21,22,24). The minimum atomic E-state index is -0.324. The van der Waals surface area contributed by atoms with Crippen LogP contribution < -0.4 is 5.32 Å². The Balaban J connectivity index is 1.74. The molecule has 0 aliphatic heterocycles. The van der Waals surface area contributed by atoms with Crippen LogP contribution in [0.15, 0.2) is 46.9 Å². The number of nitrogens with zero attached hydrogens (tertiary/aromatic N) is 2. The summed E-state index contributed by atoms with van der Waals surface area (Å²) in [6, 6.07) is 13.1. The first kappa shape index (κ1) is 15.7. The van der Waals surface area contributed by atoms with Crippen molar-refractivity contribution in [2.24, 2.45) is 0 Å². The number of fused-ring (bicyclic) bond motifs is 2.